The number of aliphatic hydroxyl groups is 2. The number of fused-ring (bicyclic) bond motifs is 2. The number of para-hydroxylation sites is 4. The molecule has 4 aromatic rings. The molecule has 0 aliphatic heterocycles. The quantitative estimate of drug-likeness (QED) is 0.448. The first-order valence-corrected chi connectivity index (χ1v) is 8.36. The summed E-state index contributed by atoms with van der Waals surface area (Å²) in [5, 5.41) is 21.5. The van der Waals surface area contributed by atoms with E-state index in [2.05, 4.69) is 19.9 Å². The van der Waals surface area contributed by atoms with E-state index in [1.54, 1.807) is 12.2 Å². The van der Waals surface area contributed by atoms with Gasteiger partial charge in [-0.2, -0.15) is 0 Å². The van der Waals surface area contributed by atoms with Gasteiger partial charge in [0.15, 0.2) is 5.60 Å². The molecule has 2 atom stereocenters. The monoisotopic (exact) mass is 344 g/mol. The van der Waals surface area contributed by atoms with Crippen LogP contribution in [0.2, 0.25) is 0 Å². The number of H-pyrrole nitrogens is 2. The summed E-state index contributed by atoms with van der Waals surface area (Å²) in [5.41, 5.74) is 1.82. The van der Waals surface area contributed by atoms with E-state index in [9.17, 15) is 10.2 Å². The Morgan fingerprint density at radius 1 is 0.885 bits per heavy atom. The number of imidazole rings is 2. The average molecular weight is 344 g/mol. The maximum Gasteiger partial charge on any atom is 0.154 e. The van der Waals surface area contributed by atoms with Crippen molar-refractivity contribution in [1.82, 2.24) is 19.9 Å². The highest BCUT2D eigenvalue weighted by atomic mass is 16.3. The molecule has 2 aromatic heterocycles. The van der Waals surface area contributed by atoms with Gasteiger partial charge in [-0.05, 0) is 42.5 Å². The first-order chi connectivity index (χ1) is 12.6. The number of hydrogen-bond acceptors (Lipinski definition) is 4. The van der Waals surface area contributed by atoms with Gasteiger partial charge in [0.1, 0.15) is 17.4 Å². The number of aliphatic hydroxyl groups excluding tert-OH is 1. The molecule has 1 aliphatic carbocycles. The van der Waals surface area contributed by atoms with E-state index >= 15 is 0 Å². The van der Waals surface area contributed by atoms with Gasteiger partial charge in [-0.15, -0.1) is 0 Å². The van der Waals surface area contributed by atoms with Gasteiger partial charge in [0.05, 0.1) is 28.0 Å². The van der Waals surface area contributed by atoms with Gasteiger partial charge in [0, 0.05) is 0 Å². The lowest BCUT2D eigenvalue weighted by molar-refractivity contribution is 0.0592. The van der Waals surface area contributed by atoms with Crippen LogP contribution in [0.5, 0.6) is 0 Å². The summed E-state index contributed by atoms with van der Waals surface area (Å²) < 4.78 is 0. The zero-order chi connectivity index (χ0) is 17.7. The van der Waals surface area contributed by atoms with Gasteiger partial charge < -0.3 is 20.2 Å². The first kappa shape index (κ1) is 14.9. The zero-order valence-electron chi connectivity index (χ0n) is 13.7. The van der Waals surface area contributed by atoms with Gasteiger partial charge in [0.25, 0.3) is 0 Å². The van der Waals surface area contributed by atoms with Crippen LogP contribution in [0.3, 0.4) is 0 Å². The van der Waals surface area contributed by atoms with Crippen molar-refractivity contribution < 1.29 is 10.2 Å². The van der Waals surface area contributed by atoms with Gasteiger partial charge in [-0.25, -0.2) is 9.97 Å². The SMILES string of the molecule is OC1=CC(c2nc3ccccc3[nH]2)C(O)(c2nc3ccccc3[nH]2)C=C1. The second-order valence-corrected chi connectivity index (χ2v) is 6.47. The maximum absolute atomic E-state index is 11.5. The summed E-state index contributed by atoms with van der Waals surface area (Å²) in [5.74, 6) is 0.436. The minimum atomic E-state index is -1.46. The second kappa shape index (κ2) is 5.31. The third kappa shape index (κ3) is 2.16. The highest BCUT2D eigenvalue weighted by molar-refractivity contribution is 5.76. The summed E-state index contributed by atoms with van der Waals surface area (Å²) in [4.78, 5) is 15.6. The molecule has 6 heteroatoms. The van der Waals surface area contributed by atoms with Crippen LogP contribution >= 0.6 is 0 Å². The molecule has 0 amide bonds. The second-order valence-electron chi connectivity index (χ2n) is 6.47. The van der Waals surface area contributed by atoms with Crippen molar-refractivity contribution in [1.29, 1.82) is 0 Å². The van der Waals surface area contributed by atoms with Crippen LogP contribution in [0.15, 0.2) is 72.5 Å². The minimum absolute atomic E-state index is 0.0799. The molecule has 128 valence electrons. The smallest absolute Gasteiger partial charge is 0.154 e. The number of hydrogen-bond donors (Lipinski definition) is 4. The third-order valence-corrected chi connectivity index (χ3v) is 4.79. The molecular formula is C20H16N4O2. The van der Waals surface area contributed by atoms with Crippen molar-refractivity contribution in [3.05, 3.63) is 84.2 Å². The number of rotatable bonds is 2. The minimum Gasteiger partial charge on any atom is -0.508 e. The number of allylic oxidation sites excluding steroid dienone is 1. The van der Waals surface area contributed by atoms with Crippen molar-refractivity contribution >= 4 is 22.1 Å². The summed E-state index contributed by atoms with van der Waals surface area (Å²) in [7, 11) is 0. The summed E-state index contributed by atoms with van der Waals surface area (Å²) in [6.45, 7) is 0. The molecule has 2 heterocycles. The van der Waals surface area contributed by atoms with Crippen molar-refractivity contribution in [2.24, 2.45) is 0 Å². The molecule has 0 bridgehead atoms. The first-order valence-electron chi connectivity index (χ1n) is 8.36. The predicted octanol–water partition coefficient (Wildman–Crippen LogP) is 3.42. The Hall–Kier alpha value is -3.38. The molecule has 0 saturated carbocycles. The fourth-order valence-electron chi connectivity index (χ4n) is 3.45. The van der Waals surface area contributed by atoms with Crippen LogP contribution in [0.4, 0.5) is 0 Å². The molecule has 1 aliphatic rings. The number of benzene rings is 2. The van der Waals surface area contributed by atoms with E-state index in [4.69, 9.17) is 0 Å². The molecule has 0 saturated heterocycles. The zero-order valence-corrected chi connectivity index (χ0v) is 13.7. The molecule has 0 spiro atoms. The van der Waals surface area contributed by atoms with Crippen molar-refractivity contribution in [2.75, 3.05) is 0 Å². The van der Waals surface area contributed by atoms with Crippen molar-refractivity contribution in [3.8, 4) is 0 Å². The van der Waals surface area contributed by atoms with Crippen LogP contribution in [0, 0.1) is 0 Å². The molecule has 2 unspecified atom stereocenters. The van der Waals surface area contributed by atoms with E-state index in [0.29, 0.717) is 11.6 Å². The number of nitrogens with one attached hydrogen (secondary N) is 2. The lowest BCUT2D eigenvalue weighted by atomic mass is 9.82. The van der Waals surface area contributed by atoms with E-state index in [1.807, 2.05) is 48.5 Å². The van der Waals surface area contributed by atoms with Crippen molar-refractivity contribution in [2.45, 2.75) is 11.5 Å². The fraction of sp³-hybridized carbons (Fsp3) is 0.100. The van der Waals surface area contributed by atoms with Crippen LogP contribution in [-0.2, 0) is 5.60 Å². The van der Waals surface area contributed by atoms with Crippen LogP contribution < -0.4 is 0 Å². The summed E-state index contributed by atoms with van der Waals surface area (Å²) in [6.07, 6.45) is 4.62. The molecule has 26 heavy (non-hydrogen) atoms. The standard InChI is InChI=1S/C20H16N4O2/c25-12-9-10-20(26,19-23-16-7-3-4-8-17(16)24-19)13(11-12)18-21-14-5-1-2-6-15(14)22-18/h1-11,13,25-26H,(H,21,22)(H,23,24). The normalized spacial score (nSPS) is 22.8. The number of aromatic amines is 2. The largest absolute Gasteiger partial charge is 0.508 e. The third-order valence-electron chi connectivity index (χ3n) is 4.79. The predicted molar refractivity (Wildman–Crippen MR) is 98.7 cm³/mol. The highest BCUT2D eigenvalue weighted by Gasteiger charge is 2.42. The van der Waals surface area contributed by atoms with E-state index < -0.39 is 11.5 Å². The van der Waals surface area contributed by atoms with Crippen LogP contribution in [0.25, 0.3) is 22.1 Å². The number of nitrogens with zero attached hydrogens (tertiary/aromatic N) is 2. The molecule has 2 aromatic carbocycles. The highest BCUT2D eigenvalue weighted by Crippen LogP contribution is 2.41. The Morgan fingerprint density at radius 3 is 2.23 bits per heavy atom. The Morgan fingerprint density at radius 2 is 1.54 bits per heavy atom. The van der Waals surface area contributed by atoms with Crippen molar-refractivity contribution in [3.63, 3.8) is 0 Å². The molecule has 6 nitrogen and oxygen atoms in total. The Bertz CT molecular complexity index is 1120. The van der Waals surface area contributed by atoms with E-state index in [1.165, 1.54) is 6.08 Å². The lowest BCUT2D eigenvalue weighted by Crippen LogP contribution is -2.34. The maximum atomic E-state index is 11.5. The Labute approximate surface area is 148 Å². The van der Waals surface area contributed by atoms with E-state index in [0.717, 1.165) is 22.1 Å². The molecular weight excluding hydrogens is 328 g/mol. The summed E-state index contributed by atoms with van der Waals surface area (Å²) in [6, 6.07) is 15.3. The van der Waals surface area contributed by atoms with Crippen LogP contribution in [0.1, 0.15) is 17.6 Å². The molecule has 0 fully saturated rings. The van der Waals surface area contributed by atoms with Gasteiger partial charge in [0.2, 0.25) is 0 Å². The lowest BCUT2D eigenvalue weighted by Gasteiger charge is -2.31. The van der Waals surface area contributed by atoms with Gasteiger partial charge in [-0.1, -0.05) is 24.3 Å². The molecule has 4 N–H and O–H groups in total. The van der Waals surface area contributed by atoms with Crippen LogP contribution in [-0.4, -0.2) is 30.1 Å². The topological polar surface area (TPSA) is 97.8 Å². The fourth-order valence-corrected chi connectivity index (χ4v) is 3.45. The molecule has 5 rings (SSSR count). The van der Waals surface area contributed by atoms with E-state index in [-0.39, 0.29) is 5.76 Å². The average Bonchev–Trinajstić information content (AvgIpc) is 3.27. The Balaban J connectivity index is 1.68. The summed E-state index contributed by atoms with van der Waals surface area (Å²) >= 11 is 0. The van der Waals surface area contributed by atoms with Gasteiger partial charge >= 0.3 is 0 Å². The van der Waals surface area contributed by atoms with Gasteiger partial charge in [-0.3, -0.25) is 0 Å². The molecule has 0 radical (unpaired) electrons. The number of aromatic nitrogens is 4. The Kier molecular flexibility index (Phi) is 3.05.